The highest BCUT2D eigenvalue weighted by Gasteiger charge is 2.16. The maximum atomic E-state index is 12.4. The number of aromatic nitrogens is 2. The lowest BCUT2D eigenvalue weighted by atomic mass is 10.2. The molecule has 0 saturated heterocycles. The van der Waals surface area contributed by atoms with Gasteiger partial charge in [0.05, 0.1) is 16.7 Å². The van der Waals surface area contributed by atoms with Gasteiger partial charge in [-0.05, 0) is 24.3 Å². The lowest BCUT2D eigenvalue weighted by Gasteiger charge is -2.11. The molecule has 1 heterocycles. The smallest absolute Gasteiger partial charge is 0.257 e. The summed E-state index contributed by atoms with van der Waals surface area (Å²) >= 11 is 15.4. The molecule has 0 unspecified atom stereocenters. The molecule has 2 rings (SSSR count). The molecule has 1 amide bonds. The summed E-state index contributed by atoms with van der Waals surface area (Å²) in [6.45, 7) is 4.77. The first-order valence-electron chi connectivity index (χ1n) is 8.94. The second kappa shape index (κ2) is 11.7. The van der Waals surface area contributed by atoms with E-state index in [2.05, 4.69) is 22.4 Å². The summed E-state index contributed by atoms with van der Waals surface area (Å²) in [5.74, 6) is 0.977. The van der Waals surface area contributed by atoms with Crippen LogP contribution in [0.1, 0.15) is 56.3 Å². The number of nitrogens with one attached hydrogen (secondary N) is 1. The number of carbonyl (C=O) groups is 1. The van der Waals surface area contributed by atoms with Gasteiger partial charge in [0.1, 0.15) is 0 Å². The predicted octanol–water partition coefficient (Wildman–Crippen LogP) is 6.56. The molecule has 148 valence electrons. The zero-order chi connectivity index (χ0) is 19.6. The number of unbranched alkanes of at least 4 members (excludes halogenated alkanes) is 4. The van der Waals surface area contributed by atoms with Gasteiger partial charge in [-0.1, -0.05) is 85.8 Å². The Morgan fingerprint density at radius 3 is 2.52 bits per heavy atom. The monoisotopic (exact) mass is 447 g/mol. The number of thioether (sulfide) groups is 1. The van der Waals surface area contributed by atoms with E-state index in [1.165, 1.54) is 30.6 Å². The molecule has 0 fully saturated rings. The average molecular weight is 448 g/mol. The highest BCUT2D eigenvalue weighted by molar-refractivity contribution is 8.01. The molecule has 1 aromatic heterocycles. The minimum absolute atomic E-state index is 0.320. The molecule has 0 saturated carbocycles. The summed E-state index contributed by atoms with van der Waals surface area (Å²) in [6.07, 6.45) is 5.70. The number of nitrogens with zero attached hydrogens (tertiary/aromatic N) is 2. The van der Waals surface area contributed by atoms with E-state index in [-0.39, 0.29) is 5.91 Å². The molecule has 1 aromatic carbocycles. The second-order valence-corrected chi connectivity index (χ2v) is 9.10. The third kappa shape index (κ3) is 7.14. The van der Waals surface area contributed by atoms with Gasteiger partial charge in [0.25, 0.3) is 5.91 Å². The van der Waals surface area contributed by atoms with E-state index in [0.29, 0.717) is 33.1 Å². The summed E-state index contributed by atoms with van der Waals surface area (Å²) < 4.78 is 6.52. The Kier molecular flexibility index (Phi) is 9.68. The minimum atomic E-state index is -0.339. The fraction of sp³-hybridized carbons (Fsp3) is 0.500. The van der Waals surface area contributed by atoms with Crippen molar-refractivity contribution in [1.82, 2.24) is 10.2 Å². The Hall–Kier alpha value is -1.02. The highest BCUT2D eigenvalue weighted by atomic mass is 35.5. The van der Waals surface area contributed by atoms with Gasteiger partial charge in [0.15, 0.2) is 10.1 Å². The van der Waals surface area contributed by atoms with Crippen LogP contribution < -0.4 is 10.1 Å². The molecule has 0 aliphatic carbocycles. The molecule has 0 bridgehead atoms. The fourth-order valence-corrected chi connectivity index (χ4v) is 4.56. The predicted molar refractivity (Wildman–Crippen MR) is 115 cm³/mol. The van der Waals surface area contributed by atoms with Crippen LogP contribution in [0.25, 0.3) is 0 Å². The molecule has 27 heavy (non-hydrogen) atoms. The molecule has 1 N–H and O–H groups in total. The van der Waals surface area contributed by atoms with Gasteiger partial charge >= 0.3 is 0 Å². The van der Waals surface area contributed by atoms with Crippen LogP contribution in [0.5, 0.6) is 5.75 Å². The Labute approximate surface area is 178 Å². The number of ether oxygens (including phenoxy) is 1. The number of hydrogen-bond acceptors (Lipinski definition) is 6. The van der Waals surface area contributed by atoms with Crippen molar-refractivity contribution in [3.05, 3.63) is 27.7 Å². The minimum Gasteiger partial charge on any atom is -0.490 e. The van der Waals surface area contributed by atoms with Crippen LogP contribution >= 0.6 is 46.3 Å². The maximum absolute atomic E-state index is 12.4. The number of benzene rings is 1. The second-order valence-electron chi connectivity index (χ2n) is 5.79. The van der Waals surface area contributed by atoms with Crippen molar-refractivity contribution in [2.45, 2.75) is 50.3 Å². The van der Waals surface area contributed by atoms with Gasteiger partial charge in [0.2, 0.25) is 5.13 Å². The lowest BCUT2D eigenvalue weighted by Crippen LogP contribution is -2.12. The molecular weight excluding hydrogens is 425 g/mol. The largest absolute Gasteiger partial charge is 0.490 e. The van der Waals surface area contributed by atoms with E-state index in [0.717, 1.165) is 22.9 Å². The van der Waals surface area contributed by atoms with E-state index in [1.807, 2.05) is 6.92 Å². The van der Waals surface area contributed by atoms with Crippen LogP contribution in [-0.2, 0) is 0 Å². The SMILES string of the molecule is CCCCCCCOc1c(Cl)cc(C(=O)Nc2nnc(SCC)s2)cc1Cl. The van der Waals surface area contributed by atoms with Crippen LogP contribution in [0.3, 0.4) is 0 Å². The summed E-state index contributed by atoms with van der Waals surface area (Å²) in [7, 11) is 0. The van der Waals surface area contributed by atoms with Crippen molar-refractivity contribution in [3.8, 4) is 5.75 Å². The van der Waals surface area contributed by atoms with Crippen LogP contribution in [0.15, 0.2) is 16.5 Å². The first kappa shape index (κ1) is 22.3. The first-order valence-corrected chi connectivity index (χ1v) is 11.5. The third-order valence-electron chi connectivity index (χ3n) is 3.65. The van der Waals surface area contributed by atoms with Crippen molar-refractivity contribution in [2.75, 3.05) is 17.7 Å². The van der Waals surface area contributed by atoms with E-state index >= 15 is 0 Å². The van der Waals surface area contributed by atoms with Crippen molar-refractivity contribution in [3.63, 3.8) is 0 Å². The standard InChI is InChI=1S/C18H23Cl2N3O2S2/c1-3-5-6-7-8-9-25-15-13(19)10-12(11-14(15)20)16(24)21-17-22-23-18(27-17)26-4-2/h10-11H,3-9H2,1-2H3,(H,21,22,24). The molecule has 0 atom stereocenters. The molecule has 0 radical (unpaired) electrons. The molecular formula is C18H23Cl2N3O2S2. The molecule has 5 nitrogen and oxygen atoms in total. The van der Waals surface area contributed by atoms with Crippen LogP contribution in [0.2, 0.25) is 10.0 Å². The number of halogens is 2. The fourth-order valence-electron chi connectivity index (χ4n) is 2.32. The highest BCUT2D eigenvalue weighted by Crippen LogP contribution is 2.35. The van der Waals surface area contributed by atoms with E-state index in [4.69, 9.17) is 27.9 Å². The van der Waals surface area contributed by atoms with Gasteiger partial charge in [-0.3, -0.25) is 10.1 Å². The molecule has 0 spiro atoms. The van der Waals surface area contributed by atoms with E-state index in [1.54, 1.807) is 23.9 Å². The maximum Gasteiger partial charge on any atom is 0.257 e. The van der Waals surface area contributed by atoms with Crippen molar-refractivity contribution in [2.24, 2.45) is 0 Å². The quantitative estimate of drug-likeness (QED) is 0.240. The summed E-state index contributed by atoms with van der Waals surface area (Å²) in [5, 5.41) is 11.8. The van der Waals surface area contributed by atoms with Gasteiger partial charge in [-0.2, -0.15) is 0 Å². The van der Waals surface area contributed by atoms with Crippen molar-refractivity contribution in [1.29, 1.82) is 0 Å². The van der Waals surface area contributed by atoms with Gasteiger partial charge < -0.3 is 4.74 Å². The Morgan fingerprint density at radius 1 is 1.15 bits per heavy atom. The Morgan fingerprint density at radius 2 is 1.85 bits per heavy atom. The molecule has 2 aromatic rings. The zero-order valence-electron chi connectivity index (χ0n) is 15.4. The molecule has 9 heteroatoms. The number of hydrogen-bond donors (Lipinski definition) is 1. The average Bonchev–Trinajstić information content (AvgIpc) is 3.07. The number of anilines is 1. The summed E-state index contributed by atoms with van der Waals surface area (Å²) in [5.41, 5.74) is 0.347. The number of amides is 1. The van der Waals surface area contributed by atoms with Gasteiger partial charge in [0, 0.05) is 5.56 Å². The van der Waals surface area contributed by atoms with Crippen molar-refractivity contribution < 1.29 is 9.53 Å². The van der Waals surface area contributed by atoms with Gasteiger partial charge in [-0.25, -0.2) is 0 Å². The van der Waals surface area contributed by atoms with Crippen LogP contribution in [0, 0.1) is 0 Å². The third-order valence-corrected chi connectivity index (χ3v) is 6.07. The first-order chi connectivity index (χ1) is 13.0. The Balaban J connectivity index is 1.94. The Bertz CT molecular complexity index is 733. The van der Waals surface area contributed by atoms with Gasteiger partial charge in [-0.15, -0.1) is 10.2 Å². The topological polar surface area (TPSA) is 64.1 Å². The summed E-state index contributed by atoms with van der Waals surface area (Å²) in [4.78, 5) is 12.4. The normalized spacial score (nSPS) is 10.8. The van der Waals surface area contributed by atoms with Crippen LogP contribution in [0.4, 0.5) is 5.13 Å². The van der Waals surface area contributed by atoms with Crippen LogP contribution in [-0.4, -0.2) is 28.5 Å². The van der Waals surface area contributed by atoms with E-state index < -0.39 is 0 Å². The zero-order valence-corrected chi connectivity index (χ0v) is 18.5. The number of rotatable bonds is 11. The van der Waals surface area contributed by atoms with E-state index in [9.17, 15) is 4.79 Å². The summed E-state index contributed by atoms with van der Waals surface area (Å²) in [6, 6.07) is 3.11. The molecule has 0 aliphatic rings. The number of carbonyl (C=O) groups excluding carboxylic acids is 1. The lowest BCUT2D eigenvalue weighted by molar-refractivity contribution is 0.102. The van der Waals surface area contributed by atoms with Crippen molar-refractivity contribution >= 4 is 57.3 Å². The molecule has 0 aliphatic heterocycles.